The van der Waals surface area contributed by atoms with Crippen LogP contribution in [0.25, 0.3) is 0 Å². The first kappa shape index (κ1) is 10.9. The Morgan fingerprint density at radius 1 is 1.27 bits per heavy atom. The molecule has 2 fully saturated rings. The second-order valence-electron chi connectivity index (χ2n) is 4.62. The van der Waals surface area contributed by atoms with Crippen molar-refractivity contribution in [2.75, 3.05) is 13.1 Å². The molecular weight excluding hydrogens is 194 g/mol. The van der Waals surface area contributed by atoms with Crippen LogP contribution in [-0.4, -0.2) is 36.4 Å². The molecule has 0 radical (unpaired) electrons. The van der Waals surface area contributed by atoms with Gasteiger partial charge in [0, 0.05) is 6.54 Å². The molecule has 0 bridgehead atoms. The van der Waals surface area contributed by atoms with Gasteiger partial charge < -0.3 is 15.2 Å². The predicted octanol–water partition coefficient (Wildman–Crippen LogP) is 1.01. The molecule has 0 spiro atoms. The third kappa shape index (κ3) is 2.92. The normalized spacial score (nSPS) is 31.5. The SMILES string of the molecule is O=C(O)C1CCC(CNCC2CCC2)O1. The van der Waals surface area contributed by atoms with Crippen molar-refractivity contribution in [2.24, 2.45) is 5.92 Å². The van der Waals surface area contributed by atoms with Gasteiger partial charge in [0.05, 0.1) is 6.10 Å². The second-order valence-corrected chi connectivity index (χ2v) is 4.62. The van der Waals surface area contributed by atoms with Crippen molar-refractivity contribution in [2.45, 2.75) is 44.3 Å². The summed E-state index contributed by atoms with van der Waals surface area (Å²) in [6, 6.07) is 0. The van der Waals surface area contributed by atoms with E-state index in [1.54, 1.807) is 0 Å². The minimum Gasteiger partial charge on any atom is -0.479 e. The molecule has 1 heterocycles. The average Bonchev–Trinajstić information content (AvgIpc) is 2.57. The van der Waals surface area contributed by atoms with Gasteiger partial charge in [0.2, 0.25) is 0 Å². The Bertz CT molecular complexity index is 228. The van der Waals surface area contributed by atoms with Crippen LogP contribution < -0.4 is 5.32 Å². The highest BCUT2D eigenvalue weighted by molar-refractivity contribution is 5.72. The van der Waals surface area contributed by atoms with Gasteiger partial charge in [0.1, 0.15) is 0 Å². The van der Waals surface area contributed by atoms with Crippen LogP contribution in [0, 0.1) is 5.92 Å². The maximum Gasteiger partial charge on any atom is 0.332 e. The third-order valence-corrected chi connectivity index (χ3v) is 3.41. The lowest BCUT2D eigenvalue weighted by molar-refractivity contribution is -0.149. The zero-order valence-electron chi connectivity index (χ0n) is 8.95. The molecule has 1 saturated heterocycles. The molecule has 0 aromatic rings. The van der Waals surface area contributed by atoms with Crippen molar-refractivity contribution in [1.29, 1.82) is 0 Å². The maximum absolute atomic E-state index is 10.6. The molecule has 2 atom stereocenters. The Balaban J connectivity index is 1.57. The number of rotatable bonds is 5. The van der Waals surface area contributed by atoms with Crippen molar-refractivity contribution in [3.8, 4) is 0 Å². The molecule has 86 valence electrons. The molecule has 1 saturated carbocycles. The molecule has 4 nitrogen and oxygen atoms in total. The number of ether oxygens (including phenoxy) is 1. The number of hydrogen-bond acceptors (Lipinski definition) is 3. The first-order valence-electron chi connectivity index (χ1n) is 5.84. The van der Waals surface area contributed by atoms with E-state index in [0.717, 1.165) is 25.4 Å². The van der Waals surface area contributed by atoms with Crippen molar-refractivity contribution in [3.63, 3.8) is 0 Å². The number of aliphatic carboxylic acids is 1. The number of carbonyl (C=O) groups is 1. The Morgan fingerprint density at radius 3 is 2.60 bits per heavy atom. The first-order chi connectivity index (χ1) is 7.25. The van der Waals surface area contributed by atoms with E-state index in [0.29, 0.717) is 6.42 Å². The number of carboxylic acids is 1. The van der Waals surface area contributed by atoms with E-state index in [9.17, 15) is 4.79 Å². The van der Waals surface area contributed by atoms with E-state index in [4.69, 9.17) is 9.84 Å². The van der Waals surface area contributed by atoms with Gasteiger partial charge in [-0.1, -0.05) is 6.42 Å². The highest BCUT2D eigenvalue weighted by Gasteiger charge is 2.30. The highest BCUT2D eigenvalue weighted by Crippen LogP contribution is 2.25. The van der Waals surface area contributed by atoms with Crippen LogP contribution in [0.2, 0.25) is 0 Å². The third-order valence-electron chi connectivity index (χ3n) is 3.41. The first-order valence-corrected chi connectivity index (χ1v) is 5.84. The predicted molar refractivity (Wildman–Crippen MR) is 55.7 cm³/mol. The van der Waals surface area contributed by atoms with Crippen molar-refractivity contribution in [1.82, 2.24) is 5.32 Å². The summed E-state index contributed by atoms with van der Waals surface area (Å²) >= 11 is 0. The van der Waals surface area contributed by atoms with Gasteiger partial charge in [-0.15, -0.1) is 0 Å². The summed E-state index contributed by atoms with van der Waals surface area (Å²) < 4.78 is 5.39. The molecule has 15 heavy (non-hydrogen) atoms. The lowest BCUT2D eigenvalue weighted by atomic mass is 9.85. The molecule has 1 aliphatic heterocycles. The Hall–Kier alpha value is -0.610. The summed E-state index contributed by atoms with van der Waals surface area (Å²) in [5.74, 6) is 0.0261. The Kier molecular flexibility index (Phi) is 3.59. The van der Waals surface area contributed by atoms with Crippen LogP contribution >= 0.6 is 0 Å². The molecule has 0 aromatic heterocycles. The van der Waals surface area contributed by atoms with E-state index in [1.165, 1.54) is 19.3 Å². The second kappa shape index (κ2) is 4.94. The smallest absolute Gasteiger partial charge is 0.332 e. The summed E-state index contributed by atoms with van der Waals surface area (Å²) in [6.07, 6.45) is 5.12. The Morgan fingerprint density at radius 2 is 2.07 bits per heavy atom. The van der Waals surface area contributed by atoms with Crippen LogP contribution in [0.4, 0.5) is 0 Å². The van der Waals surface area contributed by atoms with Gasteiger partial charge in [-0.25, -0.2) is 4.79 Å². The fraction of sp³-hybridized carbons (Fsp3) is 0.909. The Labute approximate surface area is 90.0 Å². The summed E-state index contributed by atoms with van der Waals surface area (Å²) in [4.78, 5) is 10.6. The van der Waals surface area contributed by atoms with E-state index < -0.39 is 12.1 Å². The summed E-state index contributed by atoms with van der Waals surface area (Å²) in [6.45, 7) is 1.87. The van der Waals surface area contributed by atoms with Crippen molar-refractivity contribution >= 4 is 5.97 Å². The van der Waals surface area contributed by atoms with Gasteiger partial charge in [0.25, 0.3) is 0 Å². The average molecular weight is 213 g/mol. The molecule has 0 amide bonds. The van der Waals surface area contributed by atoms with Crippen molar-refractivity contribution < 1.29 is 14.6 Å². The van der Waals surface area contributed by atoms with Crippen molar-refractivity contribution in [3.05, 3.63) is 0 Å². The zero-order chi connectivity index (χ0) is 10.7. The van der Waals surface area contributed by atoms with Crippen LogP contribution in [0.3, 0.4) is 0 Å². The monoisotopic (exact) mass is 213 g/mol. The number of hydrogen-bond donors (Lipinski definition) is 2. The summed E-state index contributed by atoms with van der Waals surface area (Å²) in [5, 5.41) is 12.1. The van der Waals surface area contributed by atoms with Gasteiger partial charge in [0.15, 0.2) is 6.10 Å². The zero-order valence-corrected chi connectivity index (χ0v) is 8.95. The van der Waals surface area contributed by atoms with E-state index >= 15 is 0 Å². The number of nitrogens with one attached hydrogen (secondary N) is 1. The lowest BCUT2D eigenvalue weighted by Crippen LogP contribution is -2.34. The van der Waals surface area contributed by atoms with Crippen LogP contribution in [0.1, 0.15) is 32.1 Å². The molecule has 2 aliphatic rings. The standard InChI is InChI=1S/C11H19NO3/c13-11(14)10-5-4-9(15-10)7-12-6-8-2-1-3-8/h8-10,12H,1-7H2,(H,13,14). The van der Waals surface area contributed by atoms with Gasteiger partial charge in [-0.05, 0) is 38.1 Å². The fourth-order valence-electron chi connectivity index (χ4n) is 2.18. The molecule has 1 aliphatic carbocycles. The largest absolute Gasteiger partial charge is 0.479 e. The van der Waals surface area contributed by atoms with Crippen LogP contribution in [-0.2, 0) is 9.53 Å². The quantitative estimate of drug-likeness (QED) is 0.715. The fourth-order valence-corrected chi connectivity index (χ4v) is 2.18. The van der Waals surface area contributed by atoms with Gasteiger partial charge in [-0.3, -0.25) is 0 Å². The lowest BCUT2D eigenvalue weighted by Gasteiger charge is -2.26. The molecular formula is C11H19NO3. The maximum atomic E-state index is 10.6. The van der Waals surface area contributed by atoms with Crippen LogP contribution in [0.5, 0.6) is 0 Å². The molecule has 0 aromatic carbocycles. The topological polar surface area (TPSA) is 58.6 Å². The minimum atomic E-state index is -0.823. The minimum absolute atomic E-state index is 0.103. The van der Waals surface area contributed by atoms with Gasteiger partial charge >= 0.3 is 5.97 Å². The van der Waals surface area contributed by atoms with E-state index in [-0.39, 0.29) is 6.10 Å². The molecule has 2 N–H and O–H groups in total. The highest BCUT2D eigenvalue weighted by atomic mass is 16.5. The van der Waals surface area contributed by atoms with E-state index in [1.807, 2.05) is 0 Å². The molecule has 2 rings (SSSR count). The summed E-state index contributed by atoms with van der Waals surface area (Å²) in [5.41, 5.74) is 0. The van der Waals surface area contributed by atoms with E-state index in [2.05, 4.69) is 5.32 Å². The molecule has 4 heteroatoms. The van der Waals surface area contributed by atoms with Gasteiger partial charge in [-0.2, -0.15) is 0 Å². The molecule has 2 unspecified atom stereocenters. The number of carboxylic acid groups (broad SMARTS) is 1. The summed E-state index contributed by atoms with van der Waals surface area (Å²) in [7, 11) is 0. The van der Waals surface area contributed by atoms with Crippen LogP contribution in [0.15, 0.2) is 0 Å².